The van der Waals surface area contributed by atoms with Gasteiger partial charge in [-0.3, -0.25) is 4.90 Å². The first-order valence-corrected chi connectivity index (χ1v) is 6.68. The van der Waals surface area contributed by atoms with E-state index in [2.05, 4.69) is 9.64 Å². The van der Waals surface area contributed by atoms with Gasteiger partial charge in [0.05, 0.1) is 13.2 Å². The molecule has 0 unspecified atom stereocenters. The molecule has 0 saturated carbocycles. The second-order valence-corrected chi connectivity index (χ2v) is 4.75. The maximum Gasteiger partial charge on any atom is 0.573 e. The summed E-state index contributed by atoms with van der Waals surface area (Å²) in [5, 5.41) is 0. The standard InChI is InChI=1S/C14H18F3NO2/c15-14(16,17)20-13-5-1-3-12(11-13)4-2-6-18-7-9-19-10-8-18/h1,3,5,11H,2,4,6-10H2. The Morgan fingerprint density at radius 3 is 2.65 bits per heavy atom. The molecule has 0 N–H and O–H groups in total. The smallest absolute Gasteiger partial charge is 0.406 e. The Morgan fingerprint density at radius 2 is 1.95 bits per heavy atom. The van der Waals surface area contributed by atoms with Gasteiger partial charge in [-0.05, 0) is 37.1 Å². The predicted octanol–water partition coefficient (Wildman–Crippen LogP) is 2.85. The fourth-order valence-electron chi connectivity index (χ4n) is 2.23. The average molecular weight is 289 g/mol. The zero-order valence-corrected chi connectivity index (χ0v) is 11.2. The third kappa shape index (κ3) is 5.38. The molecule has 0 radical (unpaired) electrons. The summed E-state index contributed by atoms with van der Waals surface area (Å²) >= 11 is 0. The lowest BCUT2D eigenvalue weighted by molar-refractivity contribution is -0.274. The number of aryl methyl sites for hydroxylation is 1. The van der Waals surface area contributed by atoms with Crippen molar-refractivity contribution in [1.82, 2.24) is 4.90 Å². The zero-order valence-electron chi connectivity index (χ0n) is 11.2. The summed E-state index contributed by atoms with van der Waals surface area (Å²) in [6.07, 6.45) is -2.98. The monoisotopic (exact) mass is 289 g/mol. The summed E-state index contributed by atoms with van der Waals surface area (Å²) in [6.45, 7) is 4.31. The van der Waals surface area contributed by atoms with Crippen LogP contribution >= 0.6 is 0 Å². The van der Waals surface area contributed by atoms with Crippen LogP contribution in [0.2, 0.25) is 0 Å². The van der Waals surface area contributed by atoms with Gasteiger partial charge in [-0.15, -0.1) is 13.2 Å². The van der Waals surface area contributed by atoms with Crippen molar-refractivity contribution in [2.24, 2.45) is 0 Å². The molecule has 0 bridgehead atoms. The Balaban J connectivity index is 1.79. The Hall–Kier alpha value is -1.27. The fraction of sp³-hybridized carbons (Fsp3) is 0.571. The SMILES string of the molecule is FC(F)(F)Oc1cccc(CCCN2CCOCC2)c1. The molecule has 0 aromatic heterocycles. The molecule has 1 fully saturated rings. The van der Waals surface area contributed by atoms with Crippen LogP contribution in [-0.4, -0.2) is 44.1 Å². The minimum Gasteiger partial charge on any atom is -0.406 e. The molecule has 1 aromatic rings. The summed E-state index contributed by atoms with van der Waals surface area (Å²) < 4.78 is 45.6. The third-order valence-electron chi connectivity index (χ3n) is 3.18. The molecule has 0 atom stereocenters. The normalized spacial score (nSPS) is 17.1. The molecule has 112 valence electrons. The number of ether oxygens (including phenoxy) is 2. The average Bonchev–Trinajstić information content (AvgIpc) is 2.38. The van der Waals surface area contributed by atoms with E-state index in [0.717, 1.165) is 51.3 Å². The van der Waals surface area contributed by atoms with Gasteiger partial charge in [0.25, 0.3) is 0 Å². The van der Waals surface area contributed by atoms with Crippen LogP contribution in [0.5, 0.6) is 5.75 Å². The number of alkyl halides is 3. The van der Waals surface area contributed by atoms with Crippen molar-refractivity contribution < 1.29 is 22.6 Å². The van der Waals surface area contributed by atoms with E-state index in [1.165, 1.54) is 12.1 Å². The molecule has 2 rings (SSSR count). The zero-order chi connectivity index (χ0) is 14.4. The third-order valence-corrected chi connectivity index (χ3v) is 3.18. The topological polar surface area (TPSA) is 21.7 Å². The number of morpholine rings is 1. The Bertz CT molecular complexity index is 417. The van der Waals surface area contributed by atoms with Crippen molar-refractivity contribution in [3.63, 3.8) is 0 Å². The second kappa shape index (κ2) is 6.95. The predicted molar refractivity (Wildman–Crippen MR) is 68.7 cm³/mol. The first-order valence-electron chi connectivity index (χ1n) is 6.68. The van der Waals surface area contributed by atoms with E-state index >= 15 is 0 Å². The number of hydrogen-bond acceptors (Lipinski definition) is 3. The molecule has 0 aliphatic carbocycles. The number of nitrogens with zero attached hydrogens (tertiary/aromatic N) is 1. The van der Waals surface area contributed by atoms with E-state index in [1.54, 1.807) is 6.07 Å². The highest BCUT2D eigenvalue weighted by molar-refractivity contribution is 5.28. The maximum atomic E-state index is 12.1. The molecule has 6 heteroatoms. The summed E-state index contributed by atoms with van der Waals surface area (Å²) in [5.41, 5.74) is 0.861. The maximum absolute atomic E-state index is 12.1. The molecular formula is C14H18F3NO2. The molecule has 1 aromatic carbocycles. The molecule has 1 aliphatic rings. The van der Waals surface area contributed by atoms with E-state index in [1.807, 2.05) is 6.07 Å². The highest BCUT2D eigenvalue weighted by Crippen LogP contribution is 2.23. The quantitative estimate of drug-likeness (QED) is 0.832. The molecule has 0 spiro atoms. The summed E-state index contributed by atoms with van der Waals surface area (Å²) in [5.74, 6) is -0.152. The molecule has 0 amide bonds. The molecule has 1 aliphatic heterocycles. The number of halogens is 3. The van der Waals surface area contributed by atoms with Gasteiger partial charge in [-0.25, -0.2) is 0 Å². The van der Waals surface area contributed by atoms with Crippen LogP contribution in [0.25, 0.3) is 0 Å². The van der Waals surface area contributed by atoms with Crippen molar-refractivity contribution in [2.75, 3.05) is 32.8 Å². The Morgan fingerprint density at radius 1 is 1.20 bits per heavy atom. The van der Waals surface area contributed by atoms with Crippen molar-refractivity contribution in [1.29, 1.82) is 0 Å². The van der Waals surface area contributed by atoms with Crippen LogP contribution in [0.15, 0.2) is 24.3 Å². The fourth-order valence-corrected chi connectivity index (χ4v) is 2.23. The van der Waals surface area contributed by atoms with Crippen LogP contribution in [0.1, 0.15) is 12.0 Å². The van der Waals surface area contributed by atoms with Crippen molar-refractivity contribution in [2.45, 2.75) is 19.2 Å². The Labute approximate surface area is 116 Å². The molecule has 1 saturated heterocycles. The van der Waals surface area contributed by atoms with Crippen LogP contribution < -0.4 is 4.74 Å². The van der Waals surface area contributed by atoms with Crippen molar-refractivity contribution >= 4 is 0 Å². The van der Waals surface area contributed by atoms with Gasteiger partial charge in [-0.1, -0.05) is 12.1 Å². The van der Waals surface area contributed by atoms with E-state index in [-0.39, 0.29) is 5.75 Å². The largest absolute Gasteiger partial charge is 0.573 e. The van der Waals surface area contributed by atoms with E-state index in [4.69, 9.17) is 4.74 Å². The van der Waals surface area contributed by atoms with E-state index in [0.29, 0.717) is 0 Å². The number of benzene rings is 1. The van der Waals surface area contributed by atoms with E-state index in [9.17, 15) is 13.2 Å². The van der Waals surface area contributed by atoms with Gasteiger partial charge in [0.15, 0.2) is 0 Å². The molecular weight excluding hydrogens is 271 g/mol. The Kier molecular flexibility index (Phi) is 5.25. The van der Waals surface area contributed by atoms with Gasteiger partial charge in [0.2, 0.25) is 0 Å². The van der Waals surface area contributed by atoms with Gasteiger partial charge < -0.3 is 9.47 Å². The van der Waals surface area contributed by atoms with Crippen molar-refractivity contribution in [3.05, 3.63) is 29.8 Å². The van der Waals surface area contributed by atoms with Gasteiger partial charge in [0, 0.05) is 13.1 Å². The lowest BCUT2D eigenvalue weighted by Gasteiger charge is -2.26. The highest BCUT2D eigenvalue weighted by atomic mass is 19.4. The van der Waals surface area contributed by atoms with Crippen LogP contribution in [0, 0.1) is 0 Å². The first kappa shape index (κ1) is 15.1. The summed E-state index contributed by atoms with van der Waals surface area (Å²) in [6, 6.07) is 6.18. The first-order chi connectivity index (χ1) is 9.53. The number of rotatable bonds is 5. The number of hydrogen-bond donors (Lipinski definition) is 0. The second-order valence-electron chi connectivity index (χ2n) is 4.75. The summed E-state index contributed by atoms with van der Waals surface area (Å²) in [4.78, 5) is 2.31. The van der Waals surface area contributed by atoms with Gasteiger partial charge in [0.1, 0.15) is 5.75 Å². The molecule has 1 heterocycles. The highest BCUT2D eigenvalue weighted by Gasteiger charge is 2.31. The van der Waals surface area contributed by atoms with Gasteiger partial charge in [-0.2, -0.15) is 0 Å². The molecule has 20 heavy (non-hydrogen) atoms. The lowest BCUT2D eigenvalue weighted by Crippen LogP contribution is -2.36. The van der Waals surface area contributed by atoms with Crippen LogP contribution in [-0.2, 0) is 11.2 Å². The van der Waals surface area contributed by atoms with Crippen LogP contribution in [0.4, 0.5) is 13.2 Å². The van der Waals surface area contributed by atoms with Crippen molar-refractivity contribution in [3.8, 4) is 5.75 Å². The molecule has 3 nitrogen and oxygen atoms in total. The van der Waals surface area contributed by atoms with Crippen LogP contribution in [0.3, 0.4) is 0 Å². The summed E-state index contributed by atoms with van der Waals surface area (Å²) in [7, 11) is 0. The lowest BCUT2D eigenvalue weighted by atomic mass is 10.1. The minimum atomic E-state index is -4.63. The minimum absolute atomic E-state index is 0.152. The van der Waals surface area contributed by atoms with Gasteiger partial charge >= 0.3 is 6.36 Å². The van der Waals surface area contributed by atoms with E-state index < -0.39 is 6.36 Å².